The molecule has 2 aromatic rings. The normalized spacial score (nSPS) is 30.7. The number of hydrogen-bond donors (Lipinski definition) is 3. The Morgan fingerprint density at radius 1 is 1.18 bits per heavy atom. The highest BCUT2D eigenvalue weighted by molar-refractivity contribution is 9.09. The van der Waals surface area contributed by atoms with Gasteiger partial charge in [0.25, 0.3) is 0 Å². The van der Waals surface area contributed by atoms with E-state index in [0.717, 1.165) is 5.56 Å². The number of carbonyl (C=O) groups excluding carboxylic acids is 3. The molecule has 8 atom stereocenters. The largest absolute Gasteiger partial charge is 0.394 e. The van der Waals surface area contributed by atoms with Crippen LogP contribution in [0.15, 0.2) is 48.5 Å². The number of ether oxygens (including phenoxy) is 1. The summed E-state index contributed by atoms with van der Waals surface area (Å²) in [5.74, 6) is -2.91. The first-order chi connectivity index (χ1) is 18.6. The van der Waals surface area contributed by atoms with Gasteiger partial charge in [0.05, 0.1) is 41.3 Å². The van der Waals surface area contributed by atoms with E-state index in [2.05, 4.69) is 26.6 Å². The third-order valence-electron chi connectivity index (χ3n) is 8.63. The maximum Gasteiger partial charge on any atom is 0.250 e. The Kier molecular flexibility index (Phi) is 7.81. The van der Waals surface area contributed by atoms with Crippen molar-refractivity contribution in [2.45, 2.75) is 62.2 Å². The van der Waals surface area contributed by atoms with Gasteiger partial charge in [0.1, 0.15) is 11.6 Å². The lowest BCUT2D eigenvalue weighted by atomic mass is 9.70. The number of carbonyl (C=O) groups is 3. The zero-order valence-corrected chi connectivity index (χ0v) is 24.4. The molecule has 3 aliphatic rings. The van der Waals surface area contributed by atoms with Gasteiger partial charge >= 0.3 is 0 Å². The number of likely N-dealkylation sites (tertiary alicyclic amines) is 1. The Labute approximate surface area is 241 Å². The zero-order chi connectivity index (χ0) is 28.1. The first-order valence-electron chi connectivity index (χ1n) is 13.3. The molecule has 3 N–H and O–H groups in total. The molecule has 5 rings (SSSR count). The molecule has 3 unspecified atom stereocenters. The number of alkyl halides is 1. The summed E-state index contributed by atoms with van der Waals surface area (Å²) in [4.78, 5) is 43.4. The standard InChI is InChI=1S/C29H33BrClN3O5/c1-4-15(2)20(14-35)34-25(27(37)33-23-16(3)9-8-12-19(23)31)29-13-18(30)24(39-29)21(22(29)28(34)38)26(36)32-17-10-6-5-7-11-17/h5-12,15,18,20-22,24-25,35H,4,13-14H2,1-3H3,(H,32,36)(H,33,37)/t15-,18?,20-,21-,22-,24-,25?,29?/m0/s1. The molecule has 39 heavy (non-hydrogen) atoms. The van der Waals surface area contributed by atoms with E-state index in [4.69, 9.17) is 16.3 Å². The SMILES string of the molecule is CC[C@H](C)[C@H](CO)N1C(=O)[C@@H]2[C@H](C(=O)Nc3ccccc3)[C@H]3OC2(CC3Br)C1C(=O)Nc1c(C)cccc1Cl. The lowest BCUT2D eigenvalue weighted by molar-refractivity contribution is -0.144. The van der Waals surface area contributed by atoms with Crippen LogP contribution in [0.25, 0.3) is 0 Å². The van der Waals surface area contributed by atoms with Gasteiger partial charge in [-0.05, 0) is 43.0 Å². The van der Waals surface area contributed by atoms with Crippen LogP contribution in [0.3, 0.4) is 0 Å². The topological polar surface area (TPSA) is 108 Å². The quantitative estimate of drug-likeness (QED) is 0.381. The van der Waals surface area contributed by atoms with E-state index < -0.39 is 41.5 Å². The van der Waals surface area contributed by atoms with Gasteiger partial charge in [-0.1, -0.05) is 78.1 Å². The number of aliphatic hydroxyl groups is 1. The van der Waals surface area contributed by atoms with Gasteiger partial charge < -0.3 is 25.4 Å². The molecule has 8 nitrogen and oxygen atoms in total. The van der Waals surface area contributed by atoms with Crippen molar-refractivity contribution >= 4 is 56.6 Å². The number of anilines is 2. The fourth-order valence-corrected chi connectivity index (χ4v) is 7.78. The lowest BCUT2D eigenvalue weighted by Gasteiger charge is -2.39. The number of nitrogens with zero attached hydrogens (tertiary/aromatic N) is 1. The summed E-state index contributed by atoms with van der Waals surface area (Å²) in [7, 11) is 0. The molecule has 3 heterocycles. The van der Waals surface area contributed by atoms with Crippen LogP contribution in [0, 0.1) is 24.7 Å². The van der Waals surface area contributed by atoms with Crippen molar-refractivity contribution in [2.75, 3.05) is 17.2 Å². The molecule has 10 heteroatoms. The molecular formula is C29H33BrClN3O5. The Balaban J connectivity index is 1.57. The lowest BCUT2D eigenvalue weighted by Crippen LogP contribution is -2.57. The Morgan fingerprint density at radius 2 is 1.90 bits per heavy atom. The fourth-order valence-electron chi connectivity index (χ4n) is 6.57. The summed E-state index contributed by atoms with van der Waals surface area (Å²) in [6, 6.07) is 12.7. The Hall–Kier alpha value is -2.46. The summed E-state index contributed by atoms with van der Waals surface area (Å²) in [6.45, 7) is 5.44. The first-order valence-corrected chi connectivity index (χ1v) is 14.6. The minimum atomic E-state index is -1.24. The van der Waals surface area contributed by atoms with Gasteiger partial charge in [-0.15, -0.1) is 0 Å². The van der Waals surface area contributed by atoms with E-state index in [0.29, 0.717) is 29.2 Å². The van der Waals surface area contributed by atoms with Gasteiger partial charge in [0, 0.05) is 10.5 Å². The number of fused-ring (bicyclic) bond motifs is 1. The number of aliphatic hydroxyl groups excluding tert-OH is 1. The van der Waals surface area contributed by atoms with Gasteiger partial charge in [-0.25, -0.2) is 0 Å². The molecule has 0 saturated carbocycles. The van der Waals surface area contributed by atoms with Crippen molar-refractivity contribution in [3.63, 3.8) is 0 Å². The molecule has 208 valence electrons. The maximum absolute atomic E-state index is 14.3. The van der Waals surface area contributed by atoms with Crippen molar-refractivity contribution in [1.82, 2.24) is 4.90 Å². The number of halogens is 2. The van der Waals surface area contributed by atoms with Crippen molar-refractivity contribution in [1.29, 1.82) is 0 Å². The third kappa shape index (κ3) is 4.57. The van der Waals surface area contributed by atoms with Gasteiger partial charge in [0.15, 0.2) is 0 Å². The first kappa shape index (κ1) is 28.1. The molecule has 0 radical (unpaired) electrons. The van der Waals surface area contributed by atoms with Crippen LogP contribution in [0.4, 0.5) is 11.4 Å². The molecule has 1 spiro atoms. The number of aryl methyl sites for hydroxylation is 1. The second kappa shape index (κ2) is 10.8. The highest BCUT2D eigenvalue weighted by Crippen LogP contribution is 2.60. The number of benzene rings is 2. The Morgan fingerprint density at radius 3 is 2.54 bits per heavy atom. The molecule has 2 aromatic carbocycles. The summed E-state index contributed by atoms with van der Waals surface area (Å²) in [6.07, 6.45) is 0.476. The average Bonchev–Trinajstić information content (AvgIpc) is 3.51. The fraction of sp³-hybridized carbons (Fsp3) is 0.483. The predicted molar refractivity (Wildman–Crippen MR) is 153 cm³/mol. The number of hydrogen-bond acceptors (Lipinski definition) is 5. The highest BCUT2D eigenvalue weighted by atomic mass is 79.9. The monoisotopic (exact) mass is 617 g/mol. The second-order valence-corrected chi connectivity index (χ2v) is 12.4. The van der Waals surface area contributed by atoms with E-state index in [1.807, 2.05) is 45.0 Å². The molecule has 0 aromatic heterocycles. The van der Waals surface area contributed by atoms with Crippen LogP contribution in [0.2, 0.25) is 5.02 Å². The van der Waals surface area contributed by atoms with Crippen LogP contribution in [0.1, 0.15) is 32.3 Å². The average molecular weight is 619 g/mol. The van der Waals surface area contributed by atoms with E-state index in [-0.39, 0.29) is 29.2 Å². The van der Waals surface area contributed by atoms with E-state index in [1.165, 1.54) is 4.90 Å². The summed E-state index contributed by atoms with van der Waals surface area (Å²) in [5.41, 5.74) is 0.608. The number of para-hydroxylation sites is 2. The number of nitrogens with one attached hydrogen (secondary N) is 2. The molecule has 3 fully saturated rings. The van der Waals surface area contributed by atoms with Gasteiger partial charge in [-0.2, -0.15) is 0 Å². The van der Waals surface area contributed by atoms with E-state index in [9.17, 15) is 19.5 Å². The number of amides is 3. The van der Waals surface area contributed by atoms with Crippen molar-refractivity contribution in [3.8, 4) is 0 Å². The van der Waals surface area contributed by atoms with Crippen LogP contribution >= 0.6 is 27.5 Å². The minimum absolute atomic E-state index is 0.0971. The van der Waals surface area contributed by atoms with Gasteiger partial charge in [-0.3, -0.25) is 14.4 Å². The molecular weight excluding hydrogens is 586 g/mol. The summed E-state index contributed by atoms with van der Waals surface area (Å²) < 4.78 is 6.56. The van der Waals surface area contributed by atoms with Crippen LogP contribution in [-0.4, -0.2) is 63.0 Å². The minimum Gasteiger partial charge on any atom is -0.394 e. The molecule has 3 amide bonds. The highest BCUT2D eigenvalue weighted by Gasteiger charge is 2.77. The molecule has 3 aliphatic heterocycles. The molecule has 2 bridgehead atoms. The van der Waals surface area contributed by atoms with E-state index in [1.54, 1.807) is 24.3 Å². The number of rotatable bonds is 8. The summed E-state index contributed by atoms with van der Waals surface area (Å²) in [5, 5.41) is 16.7. The van der Waals surface area contributed by atoms with Crippen molar-refractivity contribution < 1.29 is 24.2 Å². The zero-order valence-electron chi connectivity index (χ0n) is 22.1. The molecule has 3 saturated heterocycles. The third-order valence-corrected chi connectivity index (χ3v) is 9.79. The van der Waals surface area contributed by atoms with Crippen LogP contribution < -0.4 is 10.6 Å². The van der Waals surface area contributed by atoms with Crippen LogP contribution in [0.5, 0.6) is 0 Å². The second-order valence-electron chi connectivity index (χ2n) is 10.8. The summed E-state index contributed by atoms with van der Waals surface area (Å²) >= 11 is 10.1. The van der Waals surface area contributed by atoms with E-state index >= 15 is 0 Å². The maximum atomic E-state index is 14.3. The molecule has 0 aliphatic carbocycles. The predicted octanol–water partition coefficient (Wildman–Crippen LogP) is 4.38. The Bertz CT molecular complexity index is 1260. The van der Waals surface area contributed by atoms with Crippen molar-refractivity contribution in [3.05, 3.63) is 59.1 Å². The van der Waals surface area contributed by atoms with Crippen LogP contribution in [-0.2, 0) is 19.1 Å². The van der Waals surface area contributed by atoms with Gasteiger partial charge in [0.2, 0.25) is 17.7 Å². The smallest absolute Gasteiger partial charge is 0.250 e. The van der Waals surface area contributed by atoms with Crippen molar-refractivity contribution in [2.24, 2.45) is 17.8 Å².